The molecule has 0 saturated carbocycles. The molecule has 0 aliphatic heterocycles. The van der Waals surface area contributed by atoms with Gasteiger partial charge in [0.05, 0.1) is 29.4 Å². The smallest absolute Gasteiger partial charge is 0.416 e. The minimum Gasteiger partial charge on any atom is -0.485 e. The molecule has 2 aromatic heterocycles. The van der Waals surface area contributed by atoms with E-state index in [1.165, 1.54) is 6.07 Å². The second-order valence-electron chi connectivity index (χ2n) is 6.88. The van der Waals surface area contributed by atoms with Gasteiger partial charge in [0.1, 0.15) is 23.9 Å². The van der Waals surface area contributed by atoms with Gasteiger partial charge in [-0.25, -0.2) is 4.98 Å². The van der Waals surface area contributed by atoms with Crippen LogP contribution < -0.4 is 4.74 Å². The number of imidazole rings is 1. The third kappa shape index (κ3) is 3.85. The lowest BCUT2D eigenvalue weighted by Gasteiger charge is -2.12. The molecule has 0 aliphatic carbocycles. The van der Waals surface area contributed by atoms with Crippen LogP contribution in [-0.4, -0.2) is 9.55 Å². The second-order valence-corrected chi connectivity index (χ2v) is 6.88. The Bertz CT molecular complexity index is 1150. The molecule has 4 nitrogen and oxygen atoms in total. The first kappa shape index (κ1) is 19.1. The molecule has 0 unspecified atom stereocenters. The Morgan fingerprint density at radius 2 is 1.90 bits per heavy atom. The van der Waals surface area contributed by atoms with Crippen LogP contribution >= 0.6 is 0 Å². The maximum atomic E-state index is 13.1. The number of aryl methyl sites for hydroxylation is 1. The normalized spacial score (nSPS) is 11.9. The molecule has 0 saturated heterocycles. The van der Waals surface area contributed by atoms with Crippen molar-refractivity contribution in [2.75, 3.05) is 0 Å². The molecule has 0 aliphatic rings. The fraction of sp³-hybridized carbons (Fsp3) is 0.227. The molecule has 7 heteroatoms. The Kier molecular flexibility index (Phi) is 4.82. The SMILES string of the molecule is Cc1cccc(OCc2nc3cc(C(F)(F)F)ccc3n2Cc2ccco2)c1C. The largest absolute Gasteiger partial charge is 0.485 e. The molecule has 4 aromatic rings. The molecule has 4 rings (SSSR count). The van der Waals surface area contributed by atoms with Crippen molar-refractivity contribution < 1.29 is 22.3 Å². The monoisotopic (exact) mass is 400 g/mol. The lowest BCUT2D eigenvalue weighted by atomic mass is 10.1. The van der Waals surface area contributed by atoms with Crippen molar-refractivity contribution in [3.8, 4) is 5.75 Å². The van der Waals surface area contributed by atoms with E-state index in [-0.39, 0.29) is 12.1 Å². The van der Waals surface area contributed by atoms with Crippen LogP contribution in [0.3, 0.4) is 0 Å². The van der Waals surface area contributed by atoms with Crippen molar-refractivity contribution in [1.82, 2.24) is 9.55 Å². The Labute approximate surface area is 165 Å². The van der Waals surface area contributed by atoms with E-state index in [1.807, 2.05) is 42.7 Å². The van der Waals surface area contributed by atoms with Gasteiger partial charge in [0.15, 0.2) is 0 Å². The zero-order valence-electron chi connectivity index (χ0n) is 16.0. The number of halogens is 3. The Hall–Kier alpha value is -3.22. The predicted molar refractivity (Wildman–Crippen MR) is 103 cm³/mol. The summed E-state index contributed by atoms with van der Waals surface area (Å²) in [5, 5.41) is 0. The summed E-state index contributed by atoms with van der Waals surface area (Å²) in [6.07, 6.45) is -2.86. The van der Waals surface area contributed by atoms with Gasteiger partial charge in [-0.1, -0.05) is 12.1 Å². The summed E-state index contributed by atoms with van der Waals surface area (Å²) in [5.41, 5.74) is 2.25. The van der Waals surface area contributed by atoms with Crippen LogP contribution in [0, 0.1) is 13.8 Å². The summed E-state index contributed by atoms with van der Waals surface area (Å²) in [6, 6.07) is 12.9. The van der Waals surface area contributed by atoms with Crippen molar-refractivity contribution in [2.45, 2.75) is 33.2 Å². The molecule has 0 fully saturated rings. The van der Waals surface area contributed by atoms with Gasteiger partial charge in [-0.05, 0) is 61.4 Å². The number of fused-ring (bicyclic) bond motifs is 1. The molecule has 0 N–H and O–H groups in total. The van der Waals surface area contributed by atoms with Gasteiger partial charge in [0.2, 0.25) is 0 Å². The lowest BCUT2D eigenvalue weighted by Crippen LogP contribution is -2.08. The summed E-state index contributed by atoms with van der Waals surface area (Å²) >= 11 is 0. The molecule has 0 bridgehead atoms. The summed E-state index contributed by atoms with van der Waals surface area (Å²) in [7, 11) is 0. The zero-order valence-corrected chi connectivity index (χ0v) is 16.0. The Balaban J connectivity index is 1.73. The summed E-state index contributed by atoms with van der Waals surface area (Å²) < 4.78 is 52.5. The predicted octanol–water partition coefficient (Wildman–Crippen LogP) is 5.89. The van der Waals surface area contributed by atoms with Crippen molar-refractivity contribution in [3.63, 3.8) is 0 Å². The number of hydrogen-bond donors (Lipinski definition) is 0. The average molecular weight is 400 g/mol. The van der Waals surface area contributed by atoms with E-state index >= 15 is 0 Å². The first-order valence-corrected chi connectivity index (χ1v) is 9.10. The van der Waals surface area contributed by atoms with Gasteiger partial charge in [0.25, 0.3) is 0 Å². The number of ether oxygens (including phenoxy) is 1. The van der Waals surface area contributed by atoms with E-state index in [0.717, 1.165) is 29.0 Å². The number of furan rings is 1. The minimum absolute atomic E-state index is 0.126. The molecule has 2 aromatic carbocycles. The molecule has 0 radical (unpaired) electrons. The molecule has 29 heavy (non-hydrogen) atoms. The highest BCUT2D eigenvalue weighted by molar-refractivity contribution is 5.77. The van der Waals surface area contributed by atoms with Crippen LogP contribution in [0.1, 0.15) is 28.3 Å². The fourth-order valence-electron chi connectivity index (χ4n) is 3.22. The van der Waals surface area contributed by atoms with Crippen LogP contribution in [0.5, 0.6) is 5.75 Å². The van der Waals surface area contributed by atoms with Crippen molar-refractivity contribution in [2.24, 2.45) is 0 Å². The van der Waals surface area contributed by atoms with E-state index < -0.39 is 11.7 Å². The number of rotatable bonds is 5. The van der Waals surface area contributed by atoms with Gasteiger partial charge < -0.3 is 13.7 Å². The highest BCUT2D eigenvalue weighted by atomic mass is 19.4. The summed E-state index contributed by atoms with van der Waals surface area (Å²) in [5.74, 6) is 1.92. The quantitative estimate of drug-likeness (QED) is 0.419. The van der Waals surface area contributed by atoms with Crippen molar-refractivity contribution in [3.05, 3.63) is 83.1 Å². The van der Waals surface area contributed by atoms with Crippen LogP contribution in [0.2, 0.25) is 0 Å². The van der Waals surface area contributed by atoms with E-state index in [9.17, 15) is 13.2 Å². The standard InChI is InChI=1S/C22H19F3N2O2/c1-14-5-3-7-20(15(14)2)29-13-21-26-18-11-16(22(23,24)25)8-9-19(18)27(21)12-17-6-4-10-28-17/h3-11H,12-13H2,1-2H3. The average Bonchev–Trinajstić information content (AvgIpc) is 3.30. The molecular formula is C22H19F3N2O2. The first-order valence-electron chi connectivity index (χ1n) is 9.10. The third-order valence-corrected chi connectivity index (χ3v) is 4.96. The van der Waals surface area contributed by atoms with Gasteiger partial charge in [-0.3, -0.25) is 0 Å². The second kappa shape index (κ2) is 7.31. The molecule has 0 atom stereocenters. The molecule has 0 spiro atoms. The Morgan fingerprint density at radius 1 is 1.07 bits per heavy atom. The topological polar surface area (TPSA) is 40.2 Å². The van der Waals surface area contributed by atoms with E-state index in [0.29, 0.717) is 23.6 Å². The number of aromatic nitrogens is 2. The Morgan fingerprint density at radius 3 is 2.62 bits per heavy atom. The minimum atomic E-state index is -4.42. The summed E-state index contributed by atoms with van der Waals surface area (Å²) in [4.78, 5) is 4.43. The highest BCUT2D eigenvalue weighted by Crippen LogP contribution is 2.32. The van der Waals surface area contributed by atoms with Crippen molar-refractivity contribution in [1.29, 1.82) is 0 Å². The van der Waals surface area contributed by atoms with Crippen molar-refractivity contribution >= 4 is 11.0 Å². The zero-order chi connectivity index (χ0) is 20.6. The van der Waals surface area contributed by atoms with Crippen LogP contribution in [0.15, 0.2) is 59.2 Å². The number of nitrogens with zero attached hydrogens (tertiary/aromatic N) is 2. The molecule has 150 valence electrons. The molecule has 2 heterocycles. The van der Waals surface area contributed by atoms with Crippen LogP contribution in [-0.2, 0) is 19.3 Å². The third-order valence-electron chi connectivity index (χ3n) is 4.96. The van der Waals surface area contributed by atoms with Gasteiger partial charge in [-0.15, -0.1) is 0 Å². The van der Waals surface area contributed by atoms with E-state index in [2.05, 4.69) is 4.98 Å². The summed E-state index contributed by atoms with van der Waals surface area (Å²) in [6.45, 7) is 4.43. The van der Waals surface area contributed by atoms with Crippen LogP contribution in [0.4, 0.5) is 13.2 Å². The van der Waals surface area contributed by atoms with Crippen LogP contribution in [0.25, 0.3) is 11.0 Å². The van der Waals surface area contributed by atoms with Gasteiger partial charge in [0, 0.05) is 0 Å². The number of hydrogen-bond acceptors (Lipinski definition) is 3. The highest BCUT2D eigenvalue weighted by Gasteiger charge is 2.31. The van der Waals surface area contributed by atoms with Gasteiger partial charge in [-0.2, -0.15) is 13.2 Å². The maximum absolute atomic E-state index is 13.1. The van der Waals surface area contributed by atoms with E-state index in [1.54, 1.807) is 12.3 Å². The van der Waals surface area contributed by atoms with Gasteiger partial charge >= 0.3 is 6.18 Å². The lowest BCUT2D eigenvalue weighted by molar-refractivity contribution is -0.137. The fourth-order valence-corrected chi connectivity index (χ4v) is 3.22. The molecule has 0 amide bonds. The number of benzene rings is 2. The number of alkyl halides is 3. The van der Waals surface area contributed by atoms with E-state index in [4.69, 9.17) is 9.15 Å². The maximum Gasteiger partial charge on any atom is 0.416 e. The first-order chi connectivity index (χ1) is 13.8. The molecular weight excluding hydrogens is 381 g/mol.